The van der Waals surface area contributed by atoms with E-state index in [1.807, 2.05) is 18.2 Å². The summed E-state index contributed by atoms with van der Waals surface area (Å²) in [5, 5.41) is 27.0. The highest BCUT2D eigenvalue weighted by Gasteiger charge is 2.73. The first-order valence-corrected chi connectivity index (χ1v) is 13.6. The number of ether oxygens (including phenoxy) is 1. The summed E-state index contributed by atoms with van der Waals surface area (Å²) >= 11 is 0. The van der Waals surface area contributed by atoms with E-state index in [0.717, 1.165) is 70.3 Å². The van der Waals surface area contributed by atoms with Crippen molar-refractivity contribution in [2.75, 3.05) is 18.8 Å². The summed E-state index contributed by atoms with van der Waals surface area (Å²) in [5.41, 5.74) is 10.7. The van der Waals surface area contributed by atoms with Crippen molar-refractivity contribution in [1.82, 2.24) is 9.88 Å². The summed E-state index contributed by atoms with van der Waals surface area (Å²) in [6.07, 6.45) is 4.06. The van der Waals surface area contributed by atoms with Gasteiger partial charge in [-0.2, -0.15) is 0 Å². The Hall–Kier alpha value is -3.35. The third-order valence-electron chi connectivity index (χ3n) is 10.3. The van der Waals surface area contributed by atoms with E-state index in [9.17, 15) is 10.2 Å². The lowest BCUT2D eigenvalue weighted by molar-refractivity contribution is -0.173. The molecule has 1 saturated carbocycles. The number of hydrogen-bond acceptors (Lipinski definition) is 6. The predicted molar refractivity (Wildman–Crippen MR) is 142 cm³/mol. The van der Waals surface area contributed by atoms with Crippen molar-refractivity contribution < 1.29 is 14.9 Å². The van der Waals surface area contributed by atoms with Gasteiger partial charge in [0.05, 0.1) is 22.2 Å². The van der Waals surface area contributed by atoms with Crippen molar-refractivity contribution in [3.05, 3.63) is 70.9 Å². The number of rotatable bonds is 2. The van der Waals surface area contributed by atoms with Crippen LogP contribution in [0.1, 0.15) is 47.8 Å². The standard InChI is InChI=1S/C31H29N3O3/c32-25-20-9-7-17-3-1-2-4-19(17)26(20)33-27-21(25)14-31(36)23-13-18-8-10-22(35)28-24(18)30(31,29(27)37-28)11-12-34(23)15-16-5-6-16/h1-4,7-10,16,23,29,35-36H,5-6,11-15H2,(H2,32,33)/t23-,29-,30-,31+/m0/s1. The zero-order valence-electron chi connectivity index (χ0n) is 20.6. The largest absolute Gasteiger partial charge is 0.504 e. The molecule has 6 nitrogen and oxygen atoms in total. The number of phenolic OH excluding ortho intramolecular Hbond substituents is 1. The molecule has 37 heavy (non-hydrogen) atoms. The molecule has 2 aliphatic heterocycles. The second-order valence-electron chi connectivity index (χ2n) is 12.0. The summed E-state index contributed by atoms with van der Waals surface area (Å²) in [6, 6.07) is 16.2. The highest BCUT2D eigenvalue weighted by atomic mass is 16.5. The number of nitrogen functional groups attached to an aromatic ring is 1. The lowest BCUT2D eigenvalue weighted by Crippen LogP contribution is -2.74. The second kappa shape index (κ2) is 6.55. The van der Waals surface area contributed by atoms with Crippen LogP contribution >= 0.6 is 0 Å². The van der Waals surface area contributed by atoms with Crippen LogP contribution in [-0.2, 0) is 18.3 Å². The molecule has 5 aliphatic rings. The molecule has 9 rings (SSSR count). The van der Waals surface area contributed by atoms with Crippen LogP contribution in [0.2, 0.25) is 0 Å². The zero-order valence-corrected chi connectivity index (χ0v) is 20.6. The minimum atomic E-state index is -1.05. The molecule has 4 atom stereocenters. The Labute approximate surface area is 214 Å². The van der Waals surface area contributed by atoms with Gasteiger partial charge in [-0.15, -0.1) is 0 Å². The van der Waals surface area contributed by atoms with E-state index in [0.29, 0.717) is 17.9 Å². The third-order valence-corrected chi connectivity index (χ3v) is 10.3. The Bertz CT molecular complexity index is 1680. The number of aliphatic hydroxyl groups is 1. The lowest BCUT2D eigenvalue weighted by atomic mass is 9.48. The molecular weight excluding hydrogens is 462 g/mol. The number of benzene rings is 3. The van der Waals surface area contributed by atoms with Crippen molar-refractivity contribution in [3.63, 3.8) is 0 Å². The molecule has 3 aromatic carbocycles. The number of nitrogens with two attached hydrogens (primary N) is 1. The fourth-order valence-corrected chi connectivity index (χ4v) is 8.41. The maximum absolute atomic E-state index is 12.9. The van der Waals surface area contributed by atoms with Crippen LogP contribution in [0.25, 0.3) is 21.7 Å². The molecular formula is C31H29N3O3. The predicted octanol–water partition coefficient (Wildman–Crippen LogP) is 4.37. The van der Waals surface area contributed by atoms with Gasteiger partial charge < -0.3 is 20.7 Å². The van der Waals surface area contributed by atoms with E-state index < -0.39 is 17.1 Å². The van der Waals surface area contributed by atoms with Crippen LogP contribution in [-0.4, -0.2) is 44.8 Å². The summed E-state index contributed by atoms with van der Waals surface area (Å²) < 4.78 is 6.70. The van der Waals surface area contributed by atoms with Crippen LogP contribution in [0.3, 0.4) is 0 Å². The molecule has 4 N–H and O–H groups in total. The van der Waals surface area contributed by atoms with Gasteiger partial charge in [0, 0.05) is 46.6 Å². The van der Waals surface area contributed by atoms with Crippen molar-refractivity contribution in [1.29, 1.82) is 0 Å². The van der Waals surface area contributed by atoms with E-state index in [4.69, 9.17) is 15.5 Å². The molecule has 0 radical (unpaired) electrons. The molecule has 1 saturated heterocycles. The first kappa shape index (κ1) is 20.7. The van der Waals surface area contributed by atoms with Gasteiger partial charge in [0.1, 0.15) is 0 Å². The minimum Gasteiger partial charge on any atom is -0.504 e. The highest BCUT2D eigenvalue weighted by Crippen LogP contribution is 2.69. The van der Waals surface area contributed by atoms with Crippen molar-refractivity contribution in [2.45, 2.75) is 55.3 Å². The monoisotopic (exact) mass is 491 g/mol. The molecule has 1 spiro atoms. The van der Waals surface area contributed by atoms with Crippen LogP contribution < -0.4 is 10.5 Å². The van der Waals surface area contributed by atoms with Crippen LogP contribution in [0.4, 0.5) is 5.69 Å². The van der Waals surface area contributed by atoms with Crippen molar-refractivity contribution in [2.24, 2.45) is 5.92 Å². The fourth-order valence-electron chi connectivity index (χ4n) is 8.41. The van der Waals surface area contributed by atoms with E-state index in [2.05, 4.69) is 29.2 Å². The number of aromatic nitrogens is 1. The average molecular weight is 492 g/mol. The normalized spacial score (nSPS) is 31.3. The van der Waals surface area contributed by atoms with E-state index >= 15 is 0 Å². The molecule has 2 bridgehead atoms. The molecule has 6 heteroatoms. The van der Waals surface area contributed by atoms with Crippen molar-refractivity contribution in [3.8, 4) is 11.5 Å². The van der Waals surface area contributed by atoms with E-state index in [-0.39, 0.29) is 11.8 Å². The van der Waals surface area contributed by atoms with Gasteiger partial charge in [-0.3, -0.25) is 4.90 Å². The van der Waals surface area contributed by atoms with Gasteiger partial charge >= 0.3 is 0 Å². The van der Waals surface area contributed by atoms with Crippen LogP contribution in [0, 0.1) is 5.92 Å². The van der Waals surface area contributed by atoms with Gasteiger partial charge in [-0.1, -0.05) is 42.5 Å². The number of piperidine rings is 1. The molecule has 0 unspecified atom stereocenters. The average Bonchev–Trinajstić information content (AvgIpc) is 3.64. The number of hydrogen-bond donors (Lipinski definition) is 3. The number of aromatic hydroxyl groups is 1. The maximum atomic E-state index is 12.9. The van der Waals surface area contributed by atoms with Crippen molar-refractivity contribution >= 4 is 27.4 Å². The molecule has 3 aliphatic carbocycles. The van der Waals surface area contributed by atoms with E-state index in [1.165, 1.54) is 18.4 Å². The second-order valence-corrected chi connectivity index (χ2v) is 12.0. The number of nitrogens with zero attached hydrogens (tertiary/aromatic N) is 2. The molecule has 1 aromatic heterocycles. The Balaban J connectivity index is 1.35. The smallest absolute Gasteiger partial charge is 0.166 e. The van der Waals surface area contributed by atoms with Crippen LogP contribution in [0.5, 0.6) is 11.5 Å². The number of anilines is 1. The molecule has 3 heterocycles. The molecule has 4 aromatic rings. The summed E-state index contributed by atoms with van der Waals surface area (Å²) in [7, 11) is 0. The number of pyridine rings is 1. The van der Waals surface area contributed by atoms with Gasteiger partial charge in [-0.05, 0) is 55.2 Å². The molecule has 0 amide bonds. The Morgan fingerprint density at radius 2 is 1.95 bits per heavy atom. The van der Waals surface area contributed by atoms with Gasteiger partial charge in [0.15, 0.2) is 17.6 Å². The fraction of sp³-hybridized carbons (Fsp3) is 0.387. The first-order chi connectivity index (χ1) is 18.0. The van der Waals surface area contributed by atoms with Crippen LogP contribution in [0.15, 0.2) is 48.5 Å². The summed E-state index contributed by atoms with van der Waals surface area (Å²) in [6.45, 7) is 1.96. The SMILES string of the molecule is Nc1c2c(nc3c1ccc1ccccc13)[C@@H]1Oc3c(O)ccc4c3[C@@]13CCN(CC1CC1)[C@@H](C4)[C@]3(O)C2. The summed E-state index contributed by atoms with van der Waals surface area (Å²) in [4.78, 5) is 7.83. The first-order valence-electron chi connectivity index (χ1n) is 13.6. The Morgan fingerprint density at radius 3 is 2.81 bits per heavy atom. The van der Waals surface area contributed by atoms with E-state index in [1.54, 1.807) is 6.07 Å². The van der Waals surface area contributed by atoms with Gasteiger partial charge in [-0.25, -0.2) is 4.98 Å². The summed E-state index contributed by atoms with van der Waals surface area (Å²) in [5.74, 6) is 1.41. The lowest BCUT2D eigenvalue weighted by Gasteiger charge is -2.63. The molecule has 2 fully saturated rings. The Morgan fingerprint density at radius 1 is 1.08 bits per heavy atom. The highest BCUT2D eigenvalue weighted by molar-refractivity contribution is 6.09. The molecule has 186 valence electrons. The number of fused-ring (bicyclic) bond motifs is 5. The topological polar surface area (TPSA) is 91.8 Å². The van der Waals surface area contributed by atoms with Gasteiger partial charge in [0.2, 0.25) is 0 Å². The zero-order chi connectivity index (χ0) is 24.7. The third kappa shape index (κ3) is 2.33. The van der Waals surface area contributed by atoms with Gasteiger partial charge in [0.25, 0.3) is 0 Å². The maximum Gasteiger partial charge on any atom is 0.166 e. The minimum absolute atomic E-state index is 0.0178. The number of phenols is 1. The number of likely N-dealkylation sites (tertiary alicyclic amines) is 1. The quantitative estimate of drug-likeness (QED) is 0.361. The Kier molecular flexibility index (Phi) is 3.66.